The molecule has 0 radical (unpaired) electrons. The van der Waals surface area contributed by atoms with Gasteiger partial charge in [-0.15, -0.1) is 10.2 Å². The van der Waals surface area contributed by atoms with E-state index in [0.29, 0.717) is 16.8 Å². The number of carboxylic acids is 1. The predicted octanol–water partition coefficient (Wildman–Crippen LogP) is 4.25. The van der Waals surface area contributed by atoms with Crippen LogP contribution < -0.4 is 15.4 Å². The molecule has 0 saturated heterocycles. The number of alkyl halides is 3. The number of aryl methyl sites for hydroxylation is 2. The fourth-order valence-corrected chi connectivity index (χ4v) is 4.13. The second kappa shape index (κ2) is 14.8. The molecule has 19 heteroatoms. The molecular formula is C28H29F5N6O8. The van der Waals surface area contributed by atoms with Crippen LogP contribution in [-0.4, -0.2) is 65.9 Å². The van der Waals surface area contributed by atoms with Gasteiger partial charge in [-0.05, 0) is 43.5 Å². The van der Waals surface area contributed by atoms with E-state index in [1.165, 1.54) is 10.6 Å². The highest BCUT2D eigenvalue weighted by molar-refractivity contribution is 6.02. The average molecular weight is 673 g/mol. The van der Waals surface area contributed by atoms with Gasteiger partial charge in [-0.1, -0.05) is 19.9 Å². The van der Waals surface area contributed by atoms with Gasteiger partial charge < -0.3 is 35.1 Å². The van der Waals surface area contributed by atoms with Crippen molar-refractivity contribution < 1.29 is 60.8 Å². The van der Waals surface area contributed by atoms with Crippen molar-refractivity contribution in [2.24, 2.45) is 5.92 Å². The number of amides is 2. The fraction of sp³-hybridized carbons (Fsp3) is 0.357. The van der Waals surface area contributed by atoms with Gasteiger partial charge in [0.05, 0.1) is 28.9 Å². The minimum absolute atomic E-state index is 0.0176. The van der Waals surface area contributed by atoms with Gasteiger partial charge in [0.2, 0.25) is 17.7 Å². The first-order chi connectivity index (χ1) is 21.9. The Labute approximate surface area is 262 Å². The zero-order chi connectivity index (χ0) is 35.2. The van der Waals surface area contributed by atoms with Crippen LogP contribution >= 0.6 is 0 Å². The molecule has 2 atom stereocenters. The molecule has 47 heavy (non-hydrogen) atoms. The van der Waals surface area contributed by atoms with Crippen molar-refractivity contribution >= 4 is 23.5 Å². The summed E-state index contributed by atoms with van der Waals surface area (Å²) >= 11 is 0. The van der Waals surface area contributed by atoms with Crippen molar-refractivity contribution in [1.82, 2.24) is 30.4 Å². The van der Waals surface area contributed by atoms with Crippen molar-refractivity contribution in [3.63, 3.8) is 0 Å². The first-order valence-corrected chi connectivity index (χ1v) is 13.5. The number of halogens is 5. The van der Waals surface area contributed by atoms with Gasteiger partial charge in [-0.3, -0.25) is 4.79 Å². The topological polar surface area (TPSA) is 201 Å². The summed E-state index contributed by atoms with van der Waals surface area (Å²) in [5, 5.41) is 43.3. The summed E-state index contributed by atoms with van der Waals surface area (Å²) in [5.41, 5.74) is 1.28. The molecule has 0 fully saturated rings. The zero-order valence-corrected chi connectivity index (χ0v) is 25.1. The van der Waals surface area contributed by atoms with Crippen molar-refractivity contribution in [2.75, 3.05) is 6.61 Å². The summed E-state index contributed by atoms with van der Waals surface area (Å²) in [6, 6.07) is 4.92. The highest BCUT2D eigenvalue weighted by Gasteiger charge is 2.38. The molecule has 0 aliphatic carbocycles. The summed E-state index contributed by atoms with van der Waals surface area (Å²) in [6.07, 6.45) is -6.35. The second-order valence-corrected chi connectivity index (χ2v) is 10.3. The smallest absolute Gasteiger partial charge is 0.475 e. The van der Waals surface area contributed by atoms with Crippen LogP contribution in [0.3, 0.4) is 0 Å². The third-order valence-electron chi connectivity index (χ3n) is 6.37. The Morgan fingerprint density at radius 2 is 1.62 bits per heavy atom. The summed E-state index contributed by atoms with van der Waals surface area (Å²) in [7, 11) is 0. The van der Waals surface area contributed by atoms with Crippen LogP contribution in [0.1, 0.15) is 64.9 Å². The monoisotopic (exact) mass is 672 g/mol. The number of benzene rings is 1. The van der Waals surface area contributed by atoms with Gasteiger partial charge >= 0.3 is 18.2 Å². The molecule has 3 aromatic heterocycles. The van der Waals surface area contributed by atoms with Crippen molar-refractivity contribution in [1.29, 1.82) is 0 Å². The summed E-state index contributed by atoms with van der Waals surface area (Å²) in [4.78, 5) is 33.4. The number of nitrogens with zero attached hydrogens (tertiary/aromatic N) is 4. The Bertz CT molecular complexity index is 1740. The lowest BCUT2D eigenvalue weighted by atomic mass is 10.1. The minimum Gasteiger partial charge on any atom is -0.475 e. The Morgan fingerprint density at radius 1 is 1.02 bits per heavy atom. The molecule has 0 aliphatic rings. The quantitative estimate of drug-likeness (QED) is 0.151. The molecule has 4 rings (SSSR count). The first kappa shape index (κ1) is 36.1. The van der Waals surface area contributed by atoms with E-state index in [4.69, 9.17) is 24.2 Å². The van der Waals surface area contributed by atoms with E-state index in [0.717, 1.165) is 12.1 Å². The lowest BCUT2D eigenvalue weighted by Crippen LogP contribution is -2.31. The molecule has 5 N–H and O–H groups in total. The van der Waals surface area contributed by atoms with E-state index in [-0.39, 0.29) is 34.7 Å². The standard InChI is InChI=1S/C26H28F2N6O6.C2HF3O2/c1-12(2)22(30-26(37)38)25-32-31-24(40-25)18(10-35)29-23(36)21-14(4)33-34-19(21)8-13(3)9-20(34)39-11-15-16(27)6-5-7-17(15)28;3-2(4,5)1(6)7/h5-9,12,18,22,30,35H,10-11H2,1-4H3,(H,29,36)(H,37,38);(H,6,7)/t18-,22-;/m0./s1. The number of rotatable bonds is 10. The van der Waals surface area contributed by atoms with E-state index < -0.39 is 61.1 Å². The van der Waals surface area contributed by atoms with E-state index in [9.17, 15) is 36.6 Å². The van der Waals surface area contributed by atoms with Crippen molar-refractivity contribution in [3.05, 3.63) is 76.1 Å². The Kier molecular flexibility index (Phi) is 11.4. The van der Waals surface area contributed by atoms with Gasteiger partial charge in [0.25, 0.3) is 5.91 Å². The molecule has 0 spiro atoms. The number of hydrogen-bond acceptors (Lipinski definition) is 9. The summed E-state index contributed by atoms with van der Waals surface area (Å²) < 4.78 is 72.6. The number of hydrogen-bond donors (Lipinski definition) is 5. The maximum absolute atomic E-state index is 14.1. The maximum atomic E-state index is 14.1. The van der Waals surface area contributed by atoms with Gasteiger partial charge in [0.1, 0.15) is 30.3 Å². The second-order valence-electron chi connectivity index (χ2n) is 10.3. The van der Waals surface area contributed by atoms with Crippen LogP contribution in [0.2, 0.25) is 0 Å². The molecule has 14 nitrogen and oxygen atoms in total. The molecule has 3 heterocycles. The molecule has 0 unspecified atom stereocenters. The van der Waals surface area contributed by atoms with Crippen LogP contribution in [0, 0.1) is 31.4 Å². The Hall–Kier alpha value is -5.33. The van der Waals surface area contributed by atoms with Gasteiger partial charge in [0, 0.05) is 6.07 Å². The third-order valence-corrected chi connectivity index (χ3v) is 6.37. The summed E-state index contributed by atoms with van der Waals surface area (Å²) in [5.74, 6) is -5.08. The van der Waals surface area contributed by atoms with Gasteiger partial charge in [-0.25, -0.2) is 18.4 Å². The largest absolute Gasteiger partial charge is 0.490 e. The van der Waals surface area contributed by atoms with Crippen LogP contribution in [0.5, 0.6) is 5.88 Å². The fourth-order valence-electron chi connectivity index (χ4n) is 4.13. The number of ether oxygens (including phenoxy) is 1. The van der Waals surface area contributed by atoms with Crippen LogP contribution in [-0.2, 0) is 11.4 Å². The number of carboxylic acid groups (broad SMARTS) is 2. The van der Waals surface area contributed by atoms with E-state index in [1.54, 1.807) is 39.8 Å². The van der Waals surface area contributed by atoms with Crippen LogP contribution in [0.4, 0.5) is 26.7 Å². The number of aliphatic hydroxyl groups is 1. The maximum Gasteiger partial charge on any atom is 0.490 e. The lowest BCUT2D eigenvalue weighted by molar-refractivity contribution is -0.192. The van der Waals surface area contributed by atoms with Crippen molar-refractivity contribution in [3.8, 4) is 5.88 Å². The van der Waals surface area contributed by atoms with E-state index in [1.807, 2.05) is 0 Å². The van der Waals surface area contributed by atoms with Crippen molar-refractivity contribution in [2.45, 2.75) is 52.6 Å². The first-order valence-electron chi connectivity index (χ1n) is 13.5. The number of nitrogens with one attached hydrogen (secondary N) is 2. The number of carbonyl (C=O) groups excluding carboxylic acids is 1. The number of pyridine rings is 1. The predicted molar refractivity (Wildman–Crippen MR) is 149 cm³/mol. The zero-order valence-electron chi connectivity index (χ0n) is 25.1. The number of fused-ring (bicyclic) bond motifs is 1. The highest BCUT2D eigenvalue weighted by atomic mass is 19.4. The molecule has 4 aromatic rings. The lowest BCUT2D eigenvalue weighted by Gasteiger charge is -2.17. The SMILES string of the molecule is Cc1cc(OCc2c(F)cccc2F)n2nc(C)c(C(=O)N[C@@H](CO)c3nnc([C@@H](NC(=O)O)C(C)C)o3)c2c1.O=C(O)C(F)(F)F. The molecule has 2 amide bonds. The van der Waals surface area contributed by atoms with Crippen LogP contribution in [0.25, 0.3) is 5.52 Å². The molecule has 254 valence electrons. The Morgan fingerprint density at radius 3 is 2.15 bits per heavy atom. The number of aliphatic carboxylic acids is 1. The van der Waals surface area contributed by atoms with E-state index in [2.05, 4.69) is 25.9 Å². The highest BCUT2D eigenvalue weighted by Crippen LogP contribution is 2.27. The molecular weight excluding hydrogens is 643 g/mol. The van der Waals surface area contributed by atoms with Gasteiger partial charge in [-0.2, -0.15) is 22.8 Å². The molecule has 1 aromatic carbocycles. The number of carbonyl (C=O) groups is 3. The normalized spacial score (nSPS) is 12.7. The molecule has 0 aliphatic heterocycles. The van der Waals surface area contributed by atoms with Gasteiger partial charge in [0.15, 0.2) is 0 Å². The Balaban J connectivity index is 0.000000771. The minimum atomic E-state index is -5.08. The molecule has 0 bridgehead atoms. The molecule has 0 saturated carbocycles. The number of aliphatic hydroxyl groups excluding tert-OH is 1. The number of aromatic nitrogens is 4. The van der Waals surface area contributed by atoms with Crippen LogP contribution in [0.15, 0.2) is 34.7 Å². The third kappa shape index (κ3) is 8.90. The summed E-state index contributed by atoms with van der Waals surface area (Å²) in [6.45, 7) is 5.88. The average Bonchev–Trinajstić information content (AvgIpc) is 3.58. The van der Waals surface area contributed by atoms with E-state index >= 15 is 0 Å².